The Morgan fingerprint density at radius 3 is 2.57 bits per heavy atom. The third-order valence-electron chi connectivity index (χ3n) is 4.96. The molecule has 152 valence electrons. The molecule has 0 saturated carbocycles. The van der Waals surface area contributed by atoms with Gasteiger partial charge in [-0.25, -0.2) is 13.1 Å². The molecule has 0 amide bonds. The molecule has 1 heterocycles. The van der Waals surface area contributed by atoms with Crippen molar-refractivity contribution in [1.29, 1.82) is 0 Å². The minimum absolute atomic E-state index is 0.0644. The molecule has 1 aliphatic heterocycles. The van der Waals surface area contributed by atoms with Crippen molar-refractivity contribution >= 4 is 10.0 Å². The molecule has 2 aromatic rings. The van der Waals surface area contributed by atoms with Crippen molar-refractivity contribution in [3.05, 3.63) is 65.7 Å². The van der Waals surface area contributed by atoms with Crippen LogP contribution >= 0.6 is 0 Å². The zero-order valence-electron chi connectivity index (χ0n) is 16.2. The number of rotatable bonds is 9. The van der Waals surface area contributed by atoms with Crippen LogP contribution in [0.5, 0.6) is 5.75 Å². The van der Waals surface area contributed by atoms with E-state index in [9.17, 15) is 8.42 Å². The Morgan fingerprint density at radius 1 is 1.11 bits per heavy atom. The van der Waals surface area contributed by atoms with E-state index in [0.717, 1.165) is 30.0 Å². The second-order valence-corrected chi connectivity index (χ2v) is 8.77. The Hall–Kier alpha value is -1.93. The molecule has 2 aromatic carbocycles. The molecule has 0 bridgehead atoms. The first kappa shape index (κ1) is 20.8. The highest BCUT2D eigenvalue weighted by molar-refractivity contribution is 7.89. The smallest absolute Gasteiger partial charge is 0.211 e. The number of methoxy groups -OCH3 is 1. The van der Waals surface area contributed by atoms with Crippen LogP contribution in [0.1, 0.15) is 17.2 Å². The van der Waals surface area contributed by atoms with Gasteiger partial charge in [0, 0.05) is 25.7 Å². The summed E-state index contributed by atoms with van der Waals surface area (Å²) in [4.78, 5) is 2.26. The van der Waals surface area contributed by atoms with Gasteiger partial charge < -0.3 is 9.47 Å². The van der Waals surface area contributed by atoms with E-state index in [0.29, 0.717) is 26.2 Å². The predicted octanol–water partition coefficient (Wildman–Crippen LogP) is 2.23. The molecule has 1 fully saturated rings. The molecule has 0 aliphatic carbocycles. The van der Waals surface area contributed by atoms with Crippen LogP contribution in [0, 0.1) is 0 Å². The molecule has 1 N–H and O–H groups in total. The van der Waals surface area contributed by atoms with E-state index in [1.54, 1.807) is 7.11 Å². The molecule has 1 saturated heterocycles. The predicted molar refractivity (Wildman–Crippen MR) is 110 cm³/mol. The van der Waals surface area contributed by atoms with Gasteiger partial charge in [0.15, 0.2) is 0 Å². The van der Waals surface area contributed by atoms with Crippen LogP contribution in [0.4, 0.5) is 0 Å². The van der Waals surface area contributed by atoms with Crippen molar-refractivity contribution in [2.75, 3.05) is 45.7 Å². The van der Waals surface area contributed by atoms with Gasteiger partial charge in [-0.1, -0.05) is 42.5 Å². The maximum absolute atomic E-state index is 12.6. The maximum Gasteiger partial charge on any atom is 0.211 e. The van der Waals surface area contributed by atoms with Gasteiger partial charge in [0.1, 0.15) is 5.75 Å². The van der Waals surface area contributed by atoms with Crippen molar-refractivity contribution in [2.24, 2.45) is 0 Å². The Labute approximate surface area is 167 Å². The standard InChI is InChI=1S/C21H28N2O4S/c1-26-20-9-5-8-19(16-20)21(23-11-13-27-14-12-23)17-22-28(24,25)15-10-18-6-3-2-4-7-18/h2-9,16,21-22H,10-15,17H2,1H3/t21-/m0/s1. The number of nitrogens with zero attached hydrogens (tertiary/aromatic N) is 1. The van der Waals surface area contributed by atoms with E-state index in [-0.39, 0.29) is 11.8 Å². The number of hydrogen-bond donors (Lipinski definition) is 1. The first-order valence-corrected chi connectivity index (χ1v) is 11.2. The average Bonchev–Trinajstić information content (AvgIpc) is 2.74. The number of hydrogen-bond acceptors (Lipinski definition) is 5. The van der Waals surface area contributed by atoms with Crippen molar-refractivity contribution < 1.29 is 17.9 Å². The van der Waals surface area contributed by atoms with Crippen LogP contribution in [-0.2, 0) is 21.2 Å². The summed E-state index contributed by atoms with van der Waals surface area (Å²) in [5.74, 6) is 0.841. The molecule has 6 nitrogen and oxygen atoms in total. The number of nitrogens with one attached hydrogen (secondary N) is 1. The maximum atomic E-state index is 12.6. The summed E-state index contributed by atoms with van der Waals surface area (Å²) >= 11 is 0. The monoisotopic (exact) mass is 404 g/mol. The number of sulfonamides is 1. The van der Waals surface area contributed by atoms with Crippen molar-refractivity contribution in [2.45, 2.75) is 12.5 Å². The normalized spacial score (nSPS) is 16.6. The van der Waals surface area contributed by atoms with Gasteiger partial charge in [-0.15, -0.1) is 0 Å². The van der Waals surface area contributed by atoms with Gasteiger partial charge in [-0.3, -0.25) is 4.90 Å². The minimum Gasteiger partial charge on any atom is -0.497 e. The number of aryl methyl sites for hydroxylation is 1. The molecule has 3 rings (SSSR count). The van der Waals surface area contributed by atoms with E-state index in [4.69, 9.17) is 9.47 Å². The molecule has 0 radical (unpaired) electrons. The lowest BCUT2D eigenvalue weighted by molar-refractivity contribution is 0.0171. The summed E-state index contributed by atoms with van der Waals surface area (Å²) in [6, 6.07) is 17.4. The lowest BCUT2D eigenvalue weighted by atomic mass is 10.0. The summed E-state index contributed by atoms with van der Waals surface area (Å²) in [6.07, 6.45) is 0.498. The van der Waals surface area contributed by atoms with Crippen LogP contribution in [-0.4, -0.2) is 59.0 Å². The van der Waals surface area contributed by atoms with E-state index in [2.05, 4.69) is 9.62 Å². The topological polar surface area (TPSA) is 67.9 Å². The van der Waals surface area contributed by atoms with Crippen LogP contribution in [0.15, 0.2) is 54.6 Å². The molecule has 1 aliphatic rings. The Balaban J connectivity index is 1.68. The molecule has 0 unspecified atom stereocenters. The molecular weight excluding hydrogens is 376 g/mol. The highest BCUT2D eigenvalue weighted by atomic mass is 32.2. The Bertz CT molecular complexity index is 836. The molecule has 1 atom stereocenters. The van der Waals surface area contributed by atoms with Crippen LogP contribution in [0.3, 0.4) is 0 Å². The highest BCUT2D eigenvalue weighted by Gasteiger charge is 2.24. The van der Waals surface area contributed by atoms with Gasteiger partial charge in [0.25, 0.3) is 0 Å². The quantitative estimate of drug-likeness (QED) is 0.694. The van der Waals surface area contributed by atoms with Crippen molar-refractivity contribution in [3.63, 3.8) is 0 Å². The van der Waals surface area contributed by atoms with Gasteiger partial charge >= 0.3 is 0 Å². The zero-order valence-corrected chi connectivity index (χ0v) is 17.0. The fourth-order valence-electron chi connectivity index (χ4n) is 3.37. The summed E-state index contributed by atoms with van der Waals surface area (Å²) < 4.78 is 38.7. The molecule has 7 heteroatoms. The van der Waals surface area contributed by atoms with Gasteiger partial charge in [0.2, 0.25) is 10.0 Å². The molecular formula is C21H28N2O4S. The summed E-state index contributed by atoms with van der Waals surface area (Å²) in [5, 5.41) is 0. The van der Waals surface area contributed by atoms with Gasteiger partial charge in [-0.2, -0.15) is 0 Å². The van der Waals surface area contributed by atoms with E-state index >= 15 is 0 Å². The summed E-state index contributed by atoms with van der Waals surface area (Å²) in [6.45, 7) is 3.17. The first-order chi connectivity index (χ1) is 13.6. The number of benzene rings is 2. The highest BCUT2D eigenvalue weighted by Crippen LogP contribution is 2.25. The number of ether oxygens (including phenoxy) is 2. The van der Waals surface area contributed by atoms with Crippen molar-refractivity contribution in [3.8, 4) is 5.75 Å². The second-order valence-electron chi connectivity index (χ2n) is 6.84. The van der Waals surface area contributed by atoms with Gasteiger partial charge in [0.05, 0.1) is 26.1 Å². The minimum atomic E-state index is -3.38. The first-order valence-electron chi connectivity index (χ1n) is 9.54. The second kappa shape index (κ2) is 10.0. The van der Waals surface area contributed by atoms with E-state index < -0.39 is 10.0 Å². The zero-order chi connectivity index (χ0) is 19.8. The summed E-state index contributed by atoms with van der Waals surface area (Å²) in [7, 11) is -1.74. The van der Waals surface area contributed by atoms with Crippen LogP contribution in [0.2, 0.25) is 0 Å². The fourth-order valence-corrected chi connectivity index (χ4v) is 4.43. The molecule has 0 aromatic heterocycles. The van der Waals surface area contributed by atoms with E-state index in [1.807, 2.05) is 54.6 Å². The van der Waals surface area contributed by atoms with Crippen LogP contribution < -0.4 is 9.46 Å². The van der Waals surface area contributed by atoms with Crippen molar-refractivity contribution in [1.82, 2.24) is 9.62 Å². The van der Waals surface area contributed by atoms with Crippen LogP contribution in [0.25, 0.3) is 0 Å². The molecule has 0 spiro atoms. The average molecular weight is 405 g/mol. The SMILES string of the molecule is COc1cccc([C@H](CNS(=O)(=O)CCc2ccccc2)N2CCOCC2)c1. The summed E-state index contributed by atoms with van der Waals surface area (Å²) in [5.41, 5.74) is 2.05. The number of morpholine rings is 1. The Kier molecular flexibility index (Phi) is 7.44. The lowest BCUT2D eigenvalue weighted by Crippen LogP contribution is -2.44. The molecule has 28 heavy (non-hydrogen) atoms. The Morgan fingerprint density at radius 2 is 1.86 bits per heavy atom. The van der Waals surface area contributed by atoms with Gasteiger partial charge in [-0.05, 0) is 29.7 Å². The third kappa shape index (κ3) is 6.04. The lowest BCUT2D eigenvalue weighted by Gasteiger charge is -2.35. The fraction of sp³-hybridized carbons (Fsp3) is 0.429. The van der Waals surface area contributed by atoms with E-state index in [1.165, 1.54) is 0 Å². The third-order valence-corrected chi connectivity index (χ3v) is 6.31. The largest absolute Gasteiger partial charge is 0.497 e.